The zero-order valence-corrected chi connectivity index (χ0v) is 28.3. The molecular weight excluding hydrogens is 727 g/mol. The van der Waals surface area contributed by atoms with Gasteiger partial charge in [-0.05, 0) is 0 Å². The van der Waals surface area contributed by atoms with Crippen LogP contribution in [0.5, 0.6) is 0 Å². The van der Waals surface area contributed by atoms with E-state index in [0.29, 0.717) is 0 Å². The summed E-state index contributed by atoms with van der Waals surface area (Å²) in [6, 6.07) is 3.80. The Bertz CT molecular complexity index is 1200. The zero-order valence-electron chi connectivity index (χ0n) is 24.8. The number of carboxylic acid groups (broad SMARTS) is 4. The van der Waals surface area contributed by atoms with Gasteiger partial charge in [0.05, 0.1) is 0 Å². The summed E-state index contributed by atoms with van der Waals surface area (Å²) >= 11 is -2.39. The number of aliphatic carboxylic acids is 4. The number of carbonyl (C=O) groups excluding carboxylic acids is 4. The normalized spacial score (nSPS) is 13.3. The molecule has 0 saturated carbocycles. The van der Waals surface area contributed by atoms with E-state index < -0.39 is 97.1 Å². The average Bonchev–Trinajstić information content (AvgIpc) is 3.02. The number of benzene rings is 1. The van der Waals surface area contributed by atoms with Crippen LogP contribution in [0.3, 0.4) is 0 Å². The molecule has 0 bridgehead atoms. The van der Waals surface area contributed by atoms with Crippen molar-refractivity contribution < 1.29 is 58.8 Å². The second kappa shape index (κ2) is 21.9. The van der Waals surface area contributed by atoms with Gasteiger partial charge in [-0.25, -0.2) is 0 Å². The Labute approximate surface area is 279 Å². The summed E-state index contributed by atoms with van der Waals surface area (Å²) in [7, 11) is 2.54. The van der Waals surface area contributed by atoms with E-state index in [2.05, 4.69) is 21.3 Å². The van der Waals surface area contributed by atoms with E-state index in [1.165, 1.54) is 20.0 Å². The van der Waals surface area contributed by atoms with E-state index in [9.17, 15) is 38.4 Å². The monoisotopic (exact) mass is 764 g/mol. The van der Waals surface area contributed by atoms with Gasteiger partial charge in [0, 0.05) is 0 Å². The Morgan fingerprint density at radius 1 is 0.660 bits per heavy atom. The fraction of sp³-hybridized carbons (Fsp3) is 0.462. The summed E-state index contributed by atoms with van der Waals surface area (Å²) < 4.78 is 0.835. The van der Waals surface area contributed by atoms with Crippen LogP contribution in [0.2, 0.25) is 0 Å². The quantitative estimate of drug-likeness (QED) is 0.0486. The molecule has 0 fully saturated rings. The molecule has 0 unspecified atom stereocenters. The van der Waals surface area contributed by atoms with Gasteiger partial charge in [-0.15, -0.1) is 0 Å². The molecule has 4 amide bonds. The van der Waals surface area contributed by atoms with E-state index in [4.69, 9.17) is 31.9 Å². The predicted molar refractivity (Wildman–Crippen MR) is 172 cm³/mol. The first-order chi connectivity index (χ1) is 22.1. The summed E-state index contributed by atoms with van der Waals surface area (Å²) in [4.78, 5) is 94.7. The molecule has 47 heavy (non-hydrogen) atoms. The predicted octanol–water partition coefficient (Wildman–Crippen LogP) is -3.40. The standard InChI is InChI=1S/C26H37AsN6O12S2/c28-15(25(42)43)6-8-19(34)32-17(23(40)30-10-21(36)37)12-46-27(14-4-2-1-3-5-14)47-13-18(24(41)31-11-22(38)39)33-20(35)9-7-16(29)26(44)45/h1-5,15-18H,6-13,28-29H2,(H,30,40)(H,31,41)(H,32,34)(H,33,35)(H,36,37)(H,38,39)(H,42,43)(H,44,45)/t15-,16-,17-,18-/m0/s1. The summed E-state index contributed by atoms with van der Waals surface area (Å²) in [6.45, 7) is -1.45. The number of hydrogen-bond donors (Lipinski definition) is 10. The molecule has 0 aliphatic carbocycles. The Hall–Kier alpha value is -3.84. The summed E-state index contributed by atoms with van der Waals surface area (Å²) in [5.41, 5.74) is 10.9. The van der Waals surface area contributed by atoms with Gasteiger partial charge in [-0.3, -0.25) is 0 Å². The molecule has 4 atom stereocenters. The van der Waals surface area contributed by atoms with Crippen LogP contribution in [0.25, 0.3) is 0 Å². The van der Waals surface area contributed by atoms with E-state index in [1.807, 2.05) is 0 Å². The first-order valence-corrected chi connectivity index (χ1v) is 21.2. The molecule has 0 aliphatic heterocycles. The molecule has 1 rings (SSSR count). The van der Waals surface area contributed by atoms with Crippen molar-refractivity contribution >= 4 is 84.2 Å². The fourth-order valence-electron chi connectivity index (χ4n) is 3.31. The van der Waals surface area contributed by atoms with E-state index in [-0.39, 0.29) is 37.2 Å². The van der Waals surface area contributed by atoms with E-state index >= 15 is 0 Å². The van der Waals surface area contributed by atoms with Gasteiger partial charge in [-0.1, -0.05) is 0 Å². The van der Waals surface area contributed by atoms with Gasteiger partial charge in [0.2, 0.25) is 0 Å². The molecule has 0 heterocycles. The summed E-state index contributed by atoms with van der Waals surface area (Å²) in [5.74, 6) is -8.37. The third-order valence-electron chi connectivity index (χ3n) is 5.81. The minimum absolute atomic E-state index is 0.0562. The number of amides is 4. The molecule has 0 aliphatic rings. The molecule has 0 aromatic heterocycles. The first-order valence-electron chi connectivity index (χ1n) is 13.8. The number of carboxylic acids is 4. The molecule has 0 radical (unpaired) electrons. The molecule has 0 spiro atoms. The molecule has 0 saturated heterocycles. The summed E-state index contributed by atoms with van der Waals surface area (Å²) in [6.07, 6.45) is -1.07. The minimum atomic E-state index is -2.39. The van der Waals surface area contributed by atoms with Crippen LogP contribution in [0.4, 0.5) is 0 Å². The molecular formula is C26H37AsN6O12S2. The third-order valence-corrected chi connectivity index (χ3v) is 19.1. The topological polar surface area (TPSA) is 318 Å². The Morgan fingerprint density at radius 2 is 1.04 bits per heavy atom. The average molecular weight is 765 g/mol. The first kappa shape index (κ1) is 41.2. The fourth-order valence-corrected chi connectivity index (χ4v) is 15.8. The van der Waals surface area contributed by atoms with Gasteiger partial charge in [0.15, 0.2) is 0 Å². The van der Waals surface area contributed by atoms with Crippen molar-refractivity contribution in [3.8, 4) is 0 Å². The number of carbonyl (C=O) groups is 8. The maximum absolute atomic E-state index is 12.8. The van der Waals surface area contributed by atoms with Gasteiger partial charge in [0.25, 0.3) is 0 Å². The van der Waals surface area contributed by atoms with Crippen molar-refractivity contribution in [2.75, 3.05) is 24.6 Å². The molecule has 1 aromatic rings. The van der Waals surface area contributed by atoms with Crippen molar-refractivity contribution in [3.63, 3.8) is 0 Å². The number of hydrogen-bond acceptors (Lipinski definition) is 12. The third kappa shape index (κ3) is 17.6. The summed E-state index contributed by atoms with van der Waals surface area (Å²) in [5, 5.41) is 45.2. The van der Waals surface area contributed by atoms with Crippen LogP contribution < -0.4 is 37.1 Å². The number of nitrogens with one attached hydrogen (secondary N) is 4. The van der Waals surface area contributed by atoms with Crippen LogP contribution in [-0.4, -0.2) is 129 Å². The Kier molecular flexibility index (Phi) is 19.2. The van der Waals surface area contributed by atoms with Crippen LogP contribution in [0, 0.1) is 0 Å². The number of rotatable bonds is 23. The van der Waals surface area contributed by atoms with Crippen molar-refractivity contribution in [2.45, 2.75) is 49.9 Å². The molecule has 12 N–H and O–H groups in total. The van der Waals surface area contributed by atoms with Gasteiger partial charge < -0.3 is 0 Å². The van der Waals surface area contributed by atoms with Crippen LogP contribution in [0.1, 0.15) is 25.7 Å². The molecule has 18 nitrogen and oxygen atoms in total. The molecule has 21 heteroatoms. The second-order valence-corrected chi connectivity index (χ2v) is 21.2. The van der Waals surface area contributed by atoms with Crippen molar-refractivity contribution in [2.24, 2.45) is 11.5 Å². The zero-order chi connectivity index (χ0) is 35.5. The van der Waals surface area contributed by atoms with Crippen molar-refractivity contribution in [1.29, 1.82) is 0 Å². The van der Waals surface area contributed by atoms with Gasteiger partial charge >= 0.3 is 281 Å². The van der Waals surface area contributed by atoms with Crippen LogP contribution >= 0.6 is 20.0 Å². The molecule has 260 valence electrons. The SMILES string of the molecule is N[C@@H](CCC(=O)N[C@@H](CS[As](SC[C@H](NC(=O)CC[C@H](N)C(=O)O)C(=O)NCC(=O)O)c1ccccc1)C(=O)NCC(=O)O)C(=O)O. The Morgan fingerprint density at radius 3 is 1.38 bits per heavy atom. The molecule has 1 aromatic carbocycles. The second-order valence-electron chi connectivity index (χ2n) is 9.61. The Balaban J connectivity index is 3.14. The maximum atomic E-state index is 12.8. The van der Waals surface area contributed by atoms with Crippen molar-refractivity contribution in [3.05, 3.63) is 30.3 Å². The number of nitrogens with two attached hydrogens (primary N) is 2. The van der Waals surface area contributed by atoms with Crippen LogP contribution in [-0.2, 0) is 38.4 Å². The van der Waals surface area contributed by atoms with Crippen molar-refractivity contribution in [1.82, 2.24) is 21.3 Å². The van der Waals surface area contributed by atoms with E-state index in [0.717, 1.165) is 4.35 Å². The van der Waals surface area contributed by atoms with Gasteiger partial charge in [0.1, 0.15) is 0 Å². The van der Waals surface area contributed by atoms with Gasteiger partial charge in [-0.2, -0.15) is 0 Å². The van der Waals surface area contributed by atoms with E-state index in [1.54, 1.807) is 30.3 Å². The van der Waals surface area contributed by atoms with Crippen LogP contribution in [0.15, 0.2) is 30.3 Å².